The van der Waals surface area contributed by atoms with Crippen LogP contribution < -0.4 is 5.43 Å². The number of hydrogen-bond donors (Lipinski definition) is 0. The molecule has 0 saturated carbocycles. The molecule has 8 heteroatoms. The molecule has 0 N–H and O–H groups in total. The number of halogens is 1. The third-order valence-electron chi connectivity index (χ3n) is 5.86. The van der Waals surface area contributed by atoms with Gasteiger partial charge >= 0.3 is 0 Å². The Balaban J connectivity index is 1.21. The fraction of sp³-hybridized carbons (Fsp3) is 0.304. The maximum absolute atomic E-state index is 12.8. The molecule has 1 saturated heterocycles. The molecule has 1 amide bonds. The predicted octanol–water partition coefficient (Wildman–Crippen LogP) is 3.99. The van der Waals surface area contributed by atoms with E-state index in [0.717, 1.165) is 29.5 Å². The Morgan fingerprint density at radius 1 is 1.16 bits per heavy atom. The van der Waals surface area contributed by atoms with Crippen LogP contribution >= 0.6 is 11.6 Å². The second kappa shape index (κ2) is 8.15. The van der Waals surface area contributed by atoms with Crippen LogP contribution in [0.1, 0.15) is 31.1 Å². The van der Waals surface area contributed by atoms with Crippen molar-refractivity contribution >= 4 is 39.5 Å². The van der Waals surface area contributed by atoms with Gasteiger partial charge in [0.2, 0.25) is 11.3 Å². The maximum atomic E-state index is 12.8. The molecule has 4 aromatic rings. The van der Waals surface area contributed by atoms with Gasteiger partial charge < -0.3 is 9.32 Å². The van der Waals surface area contributed by atoms with Gasteiger partial charge in [0.25, 0.3) is 0 Å². The second-order valence-electron chi connectivity index (χ2n) is 7.82. The van der Waals surface area contributed by atoms with Gasteiger partial charge in [-0.15, -0.1) is 0 Å². The summed E-state index contributed by atoms with van der Waals surface area (Å²) >= 11 is 6.03. The lowest BCUT2D eigenvalue weighted by atomic mass is 9.96. The molecule has 0 atom stereocenters. The van der Waals surface area contributed by atoms with Crippen molar-refractivity contribution in [2.75, 3.05) is 13.1 Å². The van der Waals surface area contributed by atoms with E-state index in [0.29, 0.717) is 42.4 Å². The summed E-state index contributed by atoms with van der Waals surface area (Å²) < 4.78 is 7.63. The molecule has 0 bridgehead atoms. The number of aryl methyl sites for hydroxylation is 1. The van der Waals surface area contributed by atoms with E-state index in [4.69, 9.17) is 16.0 Å². The Hall–Kier alpha value is -3.19. The lowest BCUT2D eigenvalue weighted by Crippen LogP contribution is -2.38. The van der Waals surface area contributed by atoms with Gasteiger partial charge in [-0.1, -0.05) is 23.7 Å². The standard InChI is InChI=1S/C23H21ClN4O3/c24-16-5-6-21-18(13-16)26-23(31-21)15-7-10-27(11-8-15)22(30)9-12-28-19-4-2-1-3-17(19)20(29)14-25-28/h1-6,13-15H,7-12H2. The second-order valence-corrected chi connectivity index (χ2v) is 8.25. The molecule has 0 unspecified atom stereocenters. The first-order valence-electron chi connectivity index (χ1n) is 10.4. The Labute approximate surface area is 183 Å². The van der Waals surface area contributed by atoms with E-state index < -0.39 is 0 Å². The summed E-state index contributed by atoms with van der Waals surface area (Å²) in [7, 11) is 0. The molecule has 1 fully saturated rings. The van der Waals surface area contributed by atoms with Gasteiger partial charge in [-0.25, -0.2) is 4.98 Å². The molecule has 1 aliphatic rings. The van der Waals surface area contributed by atoms with Crippen LogP contribution in [0.5, 0.6) is 0 Å². The zero-order chi connectivity index (χ0) is 21.4. The van der Waals surface area contributed by atoms with E-state index in [1.165, 1.54) is 6.20 Å². The molecule has 158 valence electrons. The highest BCUT2D eigenvalue weighted by Crippen LogP contribution is 2.31. The predicted molar refractivity (Wildman–Crippen MR) is 118 cm³/mol. The van der Waals surface area contributed by atoms with Crippen molar-refractivity contribution in [1.29, 1.82) is 0 Å². The molecular formula is C23H21ClN4O3. The van der Waals surface area contributed by atoms with Gasteiger partial charge in [0, 0.05) is 35.8 Å². The van der Waals surface area contributed by atoms with E-state index in [-0.39, 0.29) is 17.3 Å². The number of hydrogen-bond acceptors (Lipinski definition) is 5. The summed E-state index contributed by atoms with van der Waals surface area (Å²) in [5.74, 6) is 1.00. The van der Waals surface area contributed by atoms with Gasteiger partial charge in [0.05, 0.1) is 18.3 Å². The minimum absolute atomic E-state index is 0.0902. The van der Waals surface area contributed by atoms with Crippen molar-refractivity contribution in [3.63, 3.8) is 0 Å². The number of para-hydroxylation sites is 1. The van der Waals surface area contributed by atoms with E-state index >= 15 is 0 Å². The number of oxazole rings is 1. The summed E-state index contributed by atoms with van der Waals surface area (Å²) in [6.07, 6.45) is 3.27. The number of likely N-dealkylation sites (tertiary alicyclic amines) is 1. The van der Waals surface area contributed by atoms with Crippen LogP contribution in [0, 0.1) is 0 Å². The zero-order valence-corrected chi connectivity index (χ0v) is 17.6. The Bertz CT molecular complexity index is 1320. The van der Waals surface area contributed by atoms with Gasteiger partial charge in [0.1, 0.15) is 5.52 Å². The number of carbonyl (C=O) groups excluding carboxylic acids is 1. The van der Waals surface area contributed by atoms with Crippen LogP contribution in [0.25, 0.3) is 22.0 Å². The van der Waals surface area contributed by atoms with Crippen molar-refractivity contribution in [3.8, 4) is 0 Å². The maximum Gasteiger partial charge on any atom is 0.224 e. The van der Waals surface area contributed by atoms with Crippen LogP contribution in [0.4, 0.5) is 0 Å². The number of piperidine rings is 1. The summed E-state index contributed by atoms with van der Waals surface area (Å²) in [4.78, 5) is 31.2. The number of aromatic nitrogens is 3. The van der Waals surface area contributed by atoms with Gasteiger partial charge in [-0.2, -0.15) is 5.10 Å². The smallest absolute Gasteiger partial charge is 0.224 e. The van der Waals surface area contributed by atoms with Crippen molar-refractivity contribution in [2.45, 2.75) is 31.7 Å². The monoisotopic (exact) mass is 436 g/mol. The number of carbonyl (C=O) groups is 1. The average Bonchev–Trinajstić information content (AvgIpc) is 3.22. The highest BCUT2D eigenvalue weighted by Gasteiger charge is 2.27. The minimum atomic E-state index is -0.110. The lowest BCUT2D eigenvalue weighted by Gasteiger charge is -2.30. The van der Waals surface area contributed by atoms with Crippen LogP contribution in [0.15, 0.2) is 57.9 Å². The van der Waals surface area contributed by atoms with E-state index in [9.17, 15) is 9.59 Å². The van der Waals surface area contributed by atoms with Crippen LogP contribution in [-0.2, 0) is 11.3 Å². The van der Waals surface area contributed by atoms with Crippen LogP contribution in [0.3, 0.4) is 0 Å². The highest BCUT2D eigenvalue weighted by atomic mass is 35.5. The van der Waals surface area contributed by atoms with Crippen LogP contribution in [-0.4, -0.2) is 38.7 Å². The molecule has 3 heterocycles. The minimum Gasteiger partial charge on any atom is -0.440 e. The van der Waals surface area contributed by atoms with Gasteiger partial charge in [-0.3, -0.25) is 14.3 Å². The molecule has 0 radical (unpaired) electrons. The van der Waals surface area contributed by atoms with E-state index in [2.05, 4.69) is 10.1 Å². The molecule has 5 rings (SSSR count). The van der Waals surface area contributed by atoms with Gasteiger partial charge in [0.15, 0.2) is 11.5 Å². The summed E-state index contributed by atoms with van der Waals surface area (Å²) in [5.41, 5.74) is 2.14. The molecular weight excluding hydrogens is 416 g/mol. The van der Waals surface area contributed by atoms with E-state index in [1.807, 2.05) is 29.2 Å². The first-order chi connectivity index (χ1) is 15.1. The SMILES string of the molecule is O=C(CCn1ncc(=O)c2ccccc21)N1CCC(c2nc3cc(Cl)ccc3o2)CC1. The van der Waals surface area contributed by atoms with E-state index in [1.54, 1.807) is 22.9 Å². The molecule has 0 aliphatic carbocycles. The number of nitrogens with zero attached hydrogens (tertiary/aromatic N) is 4. The number of benzene rings is 2. The first kappa shape index (κ1) is 19.8. The average molecular weight is 437 g/mol. The topological polar surface area (TPSA) is 81.2 Å². The van der Waals surface area contributed by atoms with Crippen LogP contribution in [0.2, 0.25) is 5.02 Å². The third kappa shape index (κ3) is 3.93. The van der Waals surface area contributed by atoms with Crippen molar-refractivity contribution in [2.24, 2.45) is 0 Å². The van der Waals surface area contributed by atoms with Crippen molar-refractivity contribution < 1.29 is 9.21 Å². The van der Waals surface area contributed by atoms with Crippen molar-refractivity contribution in [3.05, 3.63) is 69.8 Å². The molecule has 31 heavy (non-hydrogen) atoms. The molecule has 7 nitrogen and oxygen atoms in total. The van der Waals surface area contributed by atoms with Crippen molar-refractivity contribution in [1.82, 2.24) is 19.7 Å². The Morgan fingerprint density at radius 2 is 1.97 bits per heavy atom. The fourth-order valence-corrected chi connectivity index (χ4v) is 4.33. The lowest BCUT2D eigenvalue weighted by molar-refractivity contribution is -0.132. The highest BCUT2D eigenvalue weighted by molar-refractivity contribution is 6.31. The quantitative estimate of drug-likeness (QED) is 0.483. The Kier molecular flexibility index (Phi) is 5.19. The zero-order valence-electron chi connectivity index (χ0n) is 16.8. The largest absolute Gasteiger partial charge is 0.440 e. The molecule has 2 aromatic heterocycles. The molecule has 0 spiro atoms. The Morgan fingerprint density at radius 3 is 2.81 bits per heavy atom. The van der Waals surface area contributed by atoms with Gasteiger partial charge in [-0.05, 0) is 43.2 Å². The number of fused-ring (bicyclic) bond motifs is 2. The molecule has 1 aliphatic heterocycles. The fourth-order valence-electron chi connectivity index (χ4n) is 4.17. The summed E-state index contributed by atoms with van der Waals surface area (Å²) in [6.45, 7) is 1.77. The summed E-state index contributed by atoms with van der Waals surface area (Å²) in [5, 5.41) is 5.46. The first-order valence-corrected chi connectivity index (χ1v) is 10.7. The number of rotatable bonds is 4. The normalized spacial score (nSPS) is 15.1. The molecule has 2 aromatic carbocycles. The summed E-state index contributed by atoms with van der Waals surface area (Å²) in [6, 6.07) is 12.8. The number of amides is 1. The third-order valence-corrected chi connectivity index (χ3v) is 6.10.